The third-order valence-corrected chi connectivity index (χ3v) is 3.42. The summed E-state index contributed by atoms with van der Waals surface area (Å²) in [5.41, 5.74) is 4.59. The van der Waals surface area contributed by atoms with Crippen LogP contribution in [0.4, 0.5) is 5.95 Å². The topological polar surface area (TPSA) is 94.3 Å². The molecule has 3 aromatic rings. The summed E-state index contributed by atoms with van der Waals surface area (Å²) in [6.07, 6.45) is 2.89. The number of halogens is 1. The van der Waals surface area contributed by atoms with Gasteiger partial charge in [0.2, 0.25) is 0 Å². The largest absolute Gasteiger partial charge is 0.455 e. The highest BCUT2D eigenvalue weighted by molar-refractivity contribution is 6.31. The second-order valence-electron chi connectivity index (χ2n) is 4.60. The first-order valence-electron chi connectivity index (χ1n) is 6.44. The molecule has 112 valence electrons. The van der Waals surface area contributed by atoms with Crippen molar-refractivity contribution >= 4 is 23.8 Å². The Morgan fingerprint density at radius 1 is 1.36 bits per heavy atom. The lowest BCUT2D eigenvalue weighted by Gasteiger charge is -2.00. The standard InChI is InChI=1S/C14H13ClN6O/c1-9-2-3-10(6-12(9)15)13-5-4-11(22-13)7-17-19-14-20-18-8-21(14)16/h2-8H,16H2,1H3,(H,19,20). The molecule has 0 amide bonds. The SMILES string of the molecule is Cc1ccc(-c2ccc(C=NNc3nncn3N)o2)cc1Cl. The average molecular weight is 317 g/mol. The van der Waals surface area contributed by atoms with Crippen LogP contribution in [0.5, 0.6) is 0 Å². The molecule has 0 saturated heterocycles. The molecule has 0 radical (unpaired) electrons. The summed E-state index contributed by atoms with van der Waals surface area (Å²) >= 11 is 6.12. The highest BCUT2D eigenvalue weighted by Gasteiger charge is 2.05. The Labute approximate surface area is 131 Å². The van der Waals surface area contributed by atoms with Crippen LogP contribution in [0.1, 0.15) is 11.3 Å². The predicted octanol–water partition coefficient (Wildman–Crippen LogP) is 2.66. The number of nitrogen functional groups attached to an aromatic ring is 1. The Morgan fingerprint density at radius 3 is 2.95 bits per heavy atom. The second-order valence-corrected chi connectivity index (χ2v) is 5.00. The smallest absolute Gasteiger partial charge is 0.263 e. The number of nitrogens with two attached hydrogens (primary N) is 1. The van der Waals surface area contributed by atoms with Crippen molar-refractivity contribution < 1.29 is 4.42 Å². The summed E-state index contributed by atoms with van der Waals surface area (Å²) < 4.78 is 6.91. The van der Waals surface area contributed by atoms with Crippen molar-refractivity contribution in [3.8, 4) is 11.3 Å². The molecule has 2 heterocycles. The fourth-order valence-corrected chi connectivity index (χ4v) is 1.98. The minimum Gasteiger partial charge on any atom is -0.455 e. The quantitative estimate of drug-likeness (QED) is 0.438. The zero-order valence-electron chi connectivity index (χ0n) is 11.7. The lowest BCUT2D eigenvalue weighted by Crippen LogP contribution is -2.10. The molecule has 0 bridgehead atoms. The number of benzene rings is 1. The predicted molar refractivity (Wildman–Crippen MR) is 85.3 cm³/mol. The van der Waals surface area contributed by atoms with Gasteiger partial charge < -0.3 is 10.3 Å². The molecule has 3 rings (SSSR count). The molecule has 8 heteroatoms. The second kappa shape index (κ2) is 5.90. The van der Waals surface area contributed by atoms with Crippen LogP contribution in [0.2, 0.25) is 5.02 Å². The molecule has 0 fully saturated rings. The summed E-state index contributed by atoms with van der Waals surface area (Å²) in [6.45, 7) is 1.95. The van der Waals surface area contributed by atoms with Crippen molar-refractivity contribution in [3.63, 3.8) is 0 Å². The summed E-state index contributed by atoms with van der Waals surface area (Å²) in [6, 6.07) is 9.43. The molecule has 0 aliphatic heterocycles. The van der Waals surface area contributed by atoms with E-state index in [2.05, 4.69) is 20.7 Å². The van der Waals surface area contributed by atoms with E-state index < -0.39 is 0 Å². The number of aromatic nitrogens is 3. The monoisotopic (exact) mass is 316 g/mol. The molecule has 3 N–H and O–H groups in total. The fraction of sp³-hybridized carbons (Fsp3) is 0.0714. The third kappa shape index (κ3) is 2.94. The van der Waals surface area contributed by atoms with Crippen molar-refractivity contribution in [3.05, 3.63) is 53.0 Å². The molecular formula is C14H13ClN6O. The summed E-state index contributed by atoms with van der Waals surface area (Å²) in [5.74, 6) is 7.17. The van der Waals surface area contributed by atoms with Gasteiger partial charge in [0.1, 0.15) is 17.8 Å². The molecule has 7 nitrogen and oxygen atoms in total. The lowest BCUT2D eigenvalue weighted by molar-refractivity contribution is 0.575. The van der Waals surface area contributed by atoms with Gasteiger partial charge in [0.15, 0.2) is 0 Å². The van der Waals surface area contributed by atoms with Crippen LogP contribution in [0, 0.1) is 6.92 Å². The number of hydrazone groups is 1. The van der Waals surface area contributed by atoms with Crippen molar-refractivity contribution in [1.82, 2.24) is 14.9 Å². The van der Waals surface area contributed by atoms with Crippen LogP contribution < -0.4 is 11.3 Å². The van der Waals surface area contributed by atoms with E-state index in [1.165, 1.54) is 17.2 Å². The number of aryl methyl sites for hydroxylation is 1. The first kappa shape index (κ1) is 14.2. The van der Waals surface area contributed by atoms with E-state index in [0.717, 1.165) is 11.1 Å². The highest BCUT2D eigenvalue weighted by atomic mass is 35.5. The van der Waals surface area contributed by atoms with Crippen LogP contribution >= 0.6 is 11.6 Å². The Hall–Kier alpha value is -2.80. The van der Waals surface area contributed by atoms with E-state index in [4.69, 9.17) is 21.9 Å². The van der Waals surface area contributed by atoms with E-state index in [9.17, 15) is 0 Å². The van der Waals surface area contributed by atoms with Gasteiger partial charge in [0.25, 0.3) is 5.95 Å². The van der Waals surface area contributed by atoms with E-state index in [-0.39, 0.29) is 0 Å². The Bertz CT molecular complexity index is 822. The normalized spacial score (nSPS) is 11.2. The molecular weight excluding hydrogens is 304 g/mol. The van der Waals surface area contributed by atoms with E-state index in [1.54, 1.807) is 6.07 Å². The number of nitrogens with one attached hydrogen (secondary N) is 1. The van der Waals surface area contributed by atoms with Crippen molar-refractivity contribution in [2.45, 2.75) is 6.92 Å². The van der Waals surface area contributed by atoms with Crippen molar-refractivity contribution in [1.29, 1.82) is 0 Å². The average Bonchev–Trinajstić information content (AvgIpc) is 3.12. The van der Waals surface area contributed by atoms with Crippen LogP contribution in [0.15, 0.2) is 46.2 Å². The Balaban J connectivity index is 1.73. The number of rotatable bonds is 4. The van der Waals surface area contributed by atoms with Crippen molar-refractivity contribution in [2.24, 2.45) is 5.10 Å². The van der Waals surface area contributed by atoms with Crippen LogP contribution in [0.3, 0.4) is 0 Å². The van der Waals surface area contributed by atoms with Gasteiger partial charge in [-0.15, -0.1) is 10.2 Å². The van der Waals surface area contributed by atoms with Gasteiger partial charge >= 0.3 is 0 Å². The number of hydrogen-bond acceptors (Lipinski definition) is 6. The first-order valence-corrected chi connectivity index (χ1v) is 6.82. The molecule has 1 aromatic carbocycles. The van der Waals surface area contributed by atoms with Crippen molar-refractivity contribution in [2.75, 3.05) is 11.3 Å². The van der Waals surface area contributed by atoms with Gasteiger partial charge in [-0.2, -0.15) is 5.10 Å². The van der Waals surface area contributed by atoms with Crippen LogP contribution in [-0.2, 0) is 0 Å². The van der Waals surface area contributed by atoms with Gasteiger partial charge in [-0.1, -0.05) is 23.7 Å². The maximum atomic E-state index is 6.12. The Morgan fingerprint density at radius 2 is 2.23 bits per heavy atom. The van der Waals surface area contributed by atoms with E-state index in [1.807, 2.05) is 31.2 Å². The summed E-state index contributed by atoms with van der Waals surface area (Å²) in [7, 11) is 0. The van der Waals surface area contributed by atoms with Crippen LogP contribution in [0.25, 0.3) is 11.3 Å². The van der Waals surface area contributed by atoms with Gasteiger partial charge in [-0.3, -0.25) is 0 Å². The number of hydrogen-bond donors (Lipinski definition) is 2. The minimum atomic E-state index is 0.327. The minimum absolute atomic E-state index is 0.327. The molecule has 0 saturated carbocycles. The van der Waals surface area contributed by atoms with Gasteiger partial charge in [-0.05, 0) is 30.7 Å². The zero-order chi connectivity index (χ0) is 15.5. The van der Waals surface area contributed by atoms with Crippen LogP contribution in [-0.4, -0.2) is 21.1 Å². The molecule has 22 heavy (non-hydrogen) atoms. The molecule has 0 aliphatic carbocycles. The third-order valence-electron chi connectivity index (χ3n) is 3.01. The maximum absolute atomic E-state index is 6.12. The fourth-order valence-electron chi connectivity index (χ4n) is 1.80. The number of nitrogens with zero attached hydrogens (tertiary/aromatic N) is 4. The summed E-state index contributed by atoms with van der Waals surface area (Å²) in [4.78, 5) is 0. The Kier molecular flexibility index (Phi) is 3.80. The van der Waals surface area contributed by atoms with E-state index >= 15 is 0 Å². The zero-order valence-corrected chi connectivity index (χ0v) is 12.4. The summed E-state index contributed by atoms with van der Waals surface area (Å²) in [5, 5.41) is 12.0. The lowest BCUT2D eigenvalue weighted by atomic mass is 10.1. The number of furan rings is 1. The molecule has 2 aromatic heterocycles. The maximum Gasteiger partial charge on any atom is 0.263 e. The molecule has 0 unspecified atom stereocenters. The number of anilines is 1. The highest BCUT2D eigenvalue weighted by Crippen LogP contribution is 2.26. The van der Waals surface area contributed by atoms with Gasteiger partial charge in [0, 0.05) is 10.6 Å². The van der Waals surface area contributed by atoms with E-state index in [0.29, 0.717) is 22.5 Å². The van der Waals surface area contributed by atoms with Gasteiger partial charge in [0.05, 0.1) is 6.21 Å². The molecule has 0 atom stereocenters. The first-order chi connectivity index (χ1) is 10.6. The molecule has 0 aliphatic rings. The molecule has 0 spiro atoms. The van der Waals surface area contributed by atoms with Gasteiger partial charge in [-0.25, -0.2) is 10.1 Å².